The van der Waals surface area contributed by atoms with Gasteiger partial charge in [-0.05, 0) is 37.8 Å². The lowest BCUT2D eigenvalue weighted by molar-refractivity contribution is -0.140. The van der Waals surface area contributed by atoms with Gasteiger partial charge in [0.05, 0.1) is 28.8 Å². The molecule has 2 aromatic rings. The van der Waals surface area contributed by atoms with Crippen LogP contribution in [0.5, 0.6) is 0 Å². The predicted molar refractivity (Wildman–Crippen MR) is 96.9 cm³/mol. The molecule has 140 valence electrons. The van der Waals surface area contributed by atoms with Gasteiger partial charge in [-0.25, -0.2) is 4.79 Å². The van der Waals surface area contributed by atoms with Crippen LogP contribution in [0.2, 0.25) is 0 Å². The Kier molecular flexibility index (Phi) is 4.36. The number of benzene rings is 1. The van der Waals surface area contributed by atoms with Crippen LogP contribution < -0.4 is 5.69 Å². The highest BCUT2D eigenvalue weighted by Gasteiger charge is 2.52. The summed E-state index contributed by atoms with van der Waals surface area (Å²) in [6.45, 7) is 0.986. The van der Waals surface area contributed by atoms with Gasteiger partial charge in [0.2, 0.25) is 5.91 Å². The van der Waals surface area contributed by atoms with Gasteiger partial charge < -0.3 is 19.7 Å². The fourth-order valence-electron chi connectivity index (χ4n) is 4.65. The number of aliphatic hydroxyl groups excluding tert-OH is 1. The Morgan fingerprint density at radius 1 is 1.38 bits per heavy atom. The van der Waals surface area contributed by atoms with Gasteiger partial charge in [0, 0.05) is 26.6 Å². The van der Waals surface area contributed by atoms with Crippen LogP contribution in [-0.4, -0.2) is 56.9 Å². The van der Waals surface area contributed by atoms with E-state index >= 15 is 0 Å². The number of aryl methyl sites for hydroxylation is 1. The average molecular weight is 359 g/mol. The number of imidazole rings is 1. The van der Waals surface area contributed by atoms with Crippen LogP contribution in [0.25, 0.3) is 11.0 Å². The van der Waals surface area contributed by atoms with E-state index in [9.17, 15) is 14.7 Å². The maximum absolute atomic E-state index is 12.9. The first kappa shape index (κ1) is 17.3. The van der Waals surface area contributed by atoms with E-state index in [0.29, 0.717) is 19.5 Å². The quantitative estimate of drug-likeness (QED) is 0.860. The zero-order valence-electron chi connectivity index (χ0n) is 15.0. The molecule has 1 aromatic heterocycles. The van der Waals surface area contributed by atoms with Crippen LogP contribution in [-0.2, 0) is 16.1 Å². The summed E-state index contributed by atoms with van der Waals surface area (Å²) < 4.78 is 7.41. The van der Waals surface area contributed by atoms with Gasteiger partial charge in [0.25, 0.3) is 0 Å². The topological polar surface area (TPSA) is 87.6 Å². The molecule has 0 bridgehead atoms. The molecule has 2 heterocycles. The van der Waals surface area contributed by atoms with E-state index in [2.05, 4.69) is 4.98 Å². The molecule has 1 saturated carbocycles. The predicted octanol–water partition coefficient (Wildman–Crippen LogP) is 1.25. The number of aromatic amines is 1. The SMILES string of the molecule is CO[C@]12CC[C@H](O)C[C@H]1N(C(=O)CCn1c(=O)[nH]c3ccccc31)CC2. The number of fused-ring (bicyclic) bond motifs is 2. The molecule has 0 spiro atoms. The smallest absolute Gasteiger partial charge is 0.326 e. The van der Waals surface area contributed by atoms with Gasteiger partial charge in [-0.15, -0.1) is 0 Å². The number of ether oxygens (including phenoxy) is 1. The number of methoxy groups -OCH3 is 1. The van der Waals surface area contributed by atoms with E-state index in [1.165, 1.54) is 0 Å². The third-order valence-electron chi connectivity index (χ3n) is 6.11. The first-order chi connectivity index (χ1) is 12.5. The summed E-state index contributed by atoms with van der Waals surface area (Å²) in [7, 11) is 1.70. The third-order valence-corrected chi connectivity index (χ3v) is 6.11. The second-order valence-corrected chi connectivity index (χ2v) is 7.40. The standard InChI is InChI=1S/C19H25N3O4/c1-26-19-8-6-13(23)12-16(19)22(11-9-19)17(24)7-10-21-15-5-3-2-4-14(15)20-18(21)25/h2-5,13,16,23H,6-12H2,1H3,(H,20,25)/t13-,16+,19-/m0/s1. The largest absolute Gasteiger partial charge is 0.393 e. The van der Waals surface area contributed by atoms with Crippen molar-refractivity contribution >= 4 is 16.9 Å². The fraction of sp³-hybridized carbons (Fsp3) is 0.579. The molecule has 3 atom stereocenters. The molecule has 7 nitrogen and oxygen atoms in total. The lowest BCUT2D eigenvalue weighted by atomic mass is 9.79. The summed E-state index contributed by atoms with van der Waals surface area (Å²) >= 11 is 0. The summed E-state index contributed by atoms with van der Waals surface area (Å²) in [5.41, 5.74) is 1.07. The minimum Gasteiger partial charge on any atom is -0.393 e. The van der Waals surface area contributed by atoms with Crippen molar-refractivity contribution in [1.29, 1.82) is 0 Å². The van der Waals surface area contributed by atoms with E-state index in [1.807, 2.05) is 29.2 Å². The lowest BCUT2D eigenvalue weighted by Gasteiger charge is -2.42. The molecule has 1 aliphatic carbocycles. The van der Waals surface area contributed by atoms with Crippen molar-refractivity contribution in [3.8, 4) is 0 Å². The number of H-pyrrole nitrogens is 1. The summed E-state index contributed by atoms with van der Waals surface area (Å²) in [5, 5.41) is 10.1. The van der Waals surface area contributed by atoms with Crippen LogP contribution in [0.1, 0.15) is 32.1 Å². The number of carbonyl (C=O) groups is 1. The van der Waals surface area contributed by atoms with Gasteiger partial charge in [0.15, 0.2) is 0 Å². The highest BCUT2D eigenvalue weighted by Crippen LogP contribution is 2.42. The van der Waals surface area contributed by atoms with Crippen molar-refractivity contribution in [3.63, 3.8) is 0 Å². The van der Waals surface area contributed by atoms with Gasteiger partial charge in [-0.3, -0.25) is 9.36 Å². The molecule has 0 radical (unpaired) electrons. The minimum absolute atomic E-state index is 0.0141. The van der Waals surface area contributed by atoms with Crippen molar-refractivity contribution in [3.05, 3.63) is 34.7 Å². The number of para-hydroxylation sites is 2. The third kappa shape index (κ3) is 2.75. The highest BCUT2D eigenvalue weighted by atomic mass is 16.5. The Hall–Kier alpha value is -2.12. The van der Waals surface area contributed by atoms with Gasteiger partial charge in [-0.1, -0.05) is 12.1 Å². The molecule has 4 rings (SSSR count). The second kappa shape index (κ2) is 6.55. The number of hydrogen-bond donors (Lipinski definition) is 2. The van der Waals surface area contributed by atoms with Gasteiger partial charge >= 0.3 is 5.69 Å². The number of carbonyl (C=O) groups excluding carboxylic acids is 1. The van der Waals surface area contributed by atoms with E-state index in [0.717, 1.165) is 30.3 Å². The zero-order valence-corrected chi connectivity index (χ0v) is 15.0. The molecule has 26 heavy (non-hydrogen) atoms. The Labute approximate surface area is 151 Å². The minimum atomic E-state index is -0.382. The lowest BCUT2D eigenvalue weighted by Crippen LogP contribution is -2.52. The summed E-state index contributed by atoms with van der Waals surface area (Å²) in [6.07, 6.45) is 2.74. The number of nitrogens with one attached hydrogen (secondary N) is 1. The molecule has 0 unspecified atom stereocenters. The van der Waals surface area contributed by atoms with E-state index in [1.54, 1.807) is 11.7 Å². The molecule has 2 fully saturated rings. The number of amides is 1. The molecule has 1 aliphatic heterocycles. The number of rotatable bonds is 4. The van der Waals surface area contributed by atoms with Crippen LogP contribution in [0, 0.1) is 0 Å². The molecular weight excluding hydrogens is 334 g/mol. The zero-order chi connectivity index (χ0) is 18.3. The monoisotopic (exact) mass is 359 g/mol. The molecule has 1 aromatic carbocycles. The molecule has 2 N–H and O–H groups in total. The van der Waals surface area contributed by atoms with Crippen molar-refractivity contribution in [1.82, 2.24) is 14.5 Å². The summed E-state index contributed by atoms with van der Waals surface area (Å²) in [5.74, 6) is 0.0141. The Bertz CT molecular complexity index is 873. The number of aliphatic hydroxyl groups is 1. The number of aromatic nitrogens is 2. The number of likely N-dealkylation sites (tertiary alicyclic amines) is 1. The number of nitrogens with zero attached hydrogens (tertiary/aromatic N) is 2. The number of hydrogen-bond acceptors (Lipinski definition) is 4. The van der Waals surface area contributed by atoms with E-state index in [4.69, 9.17) is 4.74 Å². The van der Waals surface area contributed by atoms with Crippen LogP contribution >= 0.6 is 0 Å². The van der Waals surface area contributed by atoms with Crippen LogP contribution in [0.15, 0.2) is 29.1 Å². The Morgan fingerprint density at radius 2 is 2.19 bits per heavy atom. The first-order valence-electron chi connectivity index (χ1n) is 9.24. The normalized spacial score (nSPS) is 28.5. The molecular formula is C19H25N3O4. The molecule has 1 saturated heterocycles. The Morgan fingerprint density at radius 3 is 3.00 bits per heavy atom. The van der Waals surface area contributed by atoms with Gasteiger partial charge in [-0.2, -0.15) is 0 Å². The second-order valence-electron chi connectivity index (χ2n) is 7.40. The van der Waals surface area contributed by atoms with Gasteiger partial charge in [0.1, 0.15) is 0 Å². The van der Waals surface area contributed by atoms with E-state index in [-0.39, 0.29) is 35.8 Å². The fourth-order valence-corrected chi connectivity index (χ4v) is 4.65. The molecule has 7 heteroatoms. The van der Waals surface area contributed by atoms with Crippen LogP contribution in [0.3, 0.4) is 0 Å². The van der Waals surface area contributed by atoms with Crippen molar-refractivity contribution in [2.45, 2.75) is 56.4 Å². The maximum atomic E-state index is 12.9. The van der Waals surface area contributed by atoms with E-state index < -0.39 is 0 Å². The average Bonchev–Trinajstić information content (AvgIpc) is 3.17. The summed E-state index contributed by atoms with van der Waals surface area (Å²) in [4.78, 5) is 29.7. The Balaban J connectivity index is 1.50. The molecule has 2 aliphatic rings. The van der Waals surface area contributed by atoms with Crippen molar-refractivity contribution in [2.24, 2.45) is 0 Å². The first-order valence-corrected chi connectivity index (χ1v) is 9.24. The molecule has 1 amide bonds. The van der Waals surface area contributed by atoms with Crippen molar-refractivity contribution in [2.75, 3.05) is 13.7 Å². The van der Waals surface area contributed by atoms with Crippen LogP contribution in [0.4, 0.5) is 0 Å². The highest BCUT2D eigenvalue weighted by molar-refractivity contribution is 5.78. The maximum Gasteiger partial charge on any atom is 0.326 e. The summed E-state index contributed by atoms with van der Waals surface area (Å²) in [6, 6.07) is 7.40. The van der Waals surface area contributed by atoms with Crippen molar-refractivity contribution < 1.29 is 14.6 Å².